The van der Waals surface area contributed by atoms with Crippen LogP contribution < -0.4 is 9.71 Å². The summed E-state index contributed by atoms with van der Waals surface area (Å²) in [5.74, 6) is -0.588. The number of aliphatic hydroxyl groups is 3. The summed E-state index contributed by atoms with van der Waals surface area (Å²) in [5, 5.41) is 39.5. The normalized spacial score (nSPS) is 28.2. The molecule has 1 fully saturated rings. The van der Waals surface area contributed by atoms with E-state index in [4.69, 9.17) is 9.47 Å². The standard InChI is InChI=1S/C13H19BN4O7/c1-2-24-13(23)14-18-5-17(10-7(18)11(22)16-4-15-10)12-9(21)8(20)6(3-19)25-12/h4,6,8-9,12,14,19-21H,2-3,5H2,1H3,(H,15,16,22)/t6-,8-,9-,12-/m1/s1. The molecule has 0 unspecified atom stereocenters. The molecule has 4 atom stereocenters. The van der Waals surface area contributed by atoms with Crippen LogP contribution in [0, 0.1) is 0 Å². The fourth-order valence-corrected chi connectivity index (χ4v) is 3.01. The third kappa shape index (κ3) is 3.08. The van der Waals surface area contributed by atoms with Gasteiger partial charge in [-0.3, -0.25) is 4.79 Å². The number of hydrogen-bond acceptors (Lipinski definition) is 11. The van der Waals surface area contributed by atoms with Crippen molar-refractivity contribution in [2.75, 3.05) is 29.6 Å². The first kappa shape index (κ1) is 17.7. The summed E-state index contributed by atoms with van der Waals surface area (Å²) < 4.78 is 10.4. The molecule has 2 aliphatic heterocycles. The fourth-order valence-electron chi connectivity index (χ4n) is 3.01. The second kappa shape index (κ2) is 7.00. The average molecular weight is 354 g/mol. The zero-order valence-electron chi connectivity index (χ0n) is 13.5. The third-order valence-corrected chi connectivity index (χ3v) is 4.14. The van der Waals surface area contributed by atoms with Crippen molar-refractivity contribution in [3.05, 3.63) is 6.33 Å². The molecule has 1 aromatic heterocycles. The highest BCUT2D eigenvalue weighted by atomic mass is 16.6. The van der Waals surface area contributed by atoms with Crippen LogP contribution in [0.5, 0.6) is 5.88 Å². The van der Waals surface area contributed by atoms with E-state index in [2.05, 4.69) is 9.97 Å². The number of nitrogens with zero attached hydrogens (tertiary/aromatic N) is 4. The van der Waals surface area contributed by atoms with Crippen molar-refractivity contribution >= 4 is 24.8 Å². The Morgan fingerprint density at radius 3 is 2.84 bits per heavy atom. The molecule has 1 saturated heterocycles. The third-order valence-electron chi connectivity index (χ3n) is 4.14. The summed E-state index contributed by atoms with van der Waals surface area (Å²) in [4.78, 5) is 22.6. The fraction of sp³-hybridized carbons (Fsp3) is 0.615. The average Bonchev–Trinajstić information content (AvgIpc) is 3.07. The predicted octanol–water partition coefficient (Wildman–Crippen LogP) is -2.29. The number of fused-ring (bicyclic) bond motifs is 1. The Morgan fingerprint density at radius 1 is 1.44 bits per heavy atom. The van der Waals surface area contributed by atoms with Gasteiger partial charge in [-0.05, 0) is 6.92 Å². The summed E-state index contributed by atoms with van der Waals surface area (Å²) in [6.45, 7) is 1.49. The Kier molecular flexibility index (Phi) is 4.95. The maximum Gasteiger partial charge on any atom is 0.372 e. The minimum absolute atomic E-state index is 0.0486. The lowest BCUT2D eigenvalue weighted by atomic mass is 9.92. The van der Waals surface area contributed by atoms with E-state index in [1.807, 2.05) is 0 Å². The van der Waals surface area contributed by atoms with Crippen LogP contribution in [0.25, 0.3) is 0 Å². The Labute approximate surface area is 143 Å². The van der Waals surface area contributed by atoms with Crippen molar-refractivity contribution in [3.8, 4) is 5.88 Å². The van der Waals surface area contributed by atoms with Crippen molar-refractivity contribution in [2.24, 2.45) is 0 Å². The van der Waals surface area contributed by atoms with Gasteiger partial charge < -0.3 is 39.6 Å². The van der Waals surface area contributed by atoms with Crippen LogP contribution in [0.4, 0.5) is 16.3 Å². The summed E-state index contributed by atoms with van der Waals surface area (Å²) in [6.07, 6.45) is -3.39. The number of rotatable bonds is 5. The molecule has 3 heterocycles. The number of aliphatic hydroxyl groups excluding tert-OH is 3. The Hall–Kier alpha value is -2.15. The number of ether oxygens (including phenoxy) is 2. The molecule has 11 nitrogen and oxygen atoms in total. The van der Waals surface area contributed by atoms with E-state index >= 15 is 0 Å². The molecule has 25 heavy (non-hydrogen) atoms. The number of carbonyl (C=O) groups excluding carboxylic acids is 1. The Balaban J connectivity index is 1.88. The van der Waals surface area contributed by atoms with E-state index in [9.17, 15) is 25.2 Å². The predicted molar refractivity (Wildman–Crippen MR) is 85.5 cm³/mol. The van der Waals surface area contributed by atoms with Crippen LogP contribution in [0.2, 0.25) is 0 Å². The lowest BCUT2D eigenvalue weighted by Crippen LogP contribution is -2.47. The van der Waals surface area contributed by atoms with Gasteiger partial charge >= 0.3 is 7.41 Å². The highest BCUT2D eigenvalue weighted by Gasteiger charge is 2.48. The van der Waals surface area contributed by atoms with Crippen molar-refractivity contribution in [1.82, 2.24) is 9.97 Å². The van der Waals surface area contributed by atoms with E-state index in [0.29, 0.717) is 0 Å². The van der Waals surface area contributed by atoms with Crippen LogP contribution in [0.3, 0.4) is 0 Å². The topological polar surface area (TPSA) is 149 Å². The summed E-state index contributed by atoms with van der Waals surface area (Å²) in [7, 11) is -0.160. The van der Waals surface area contributed by atoms with Gasteiger partial charge in [-0.25, -0.2) is 9.97 Å². The van der Waals surface area contributed by atoms with Crippen LogP contribution in [-0.2, 0) is 9.47 Å². The monoisotopic (exact) mass is 354 g/mol. The van der Waals surface area contributed by atoms with Crippen molar-refractivity contribution in [3.63, 3.8) is 0 Å². The highest BCUT2D eigenvalue weighted by molar-refractivity contribution is 6.75. The number of anilines is 2. The van der Waals surface area contributed by atoms with Crippen molar-refractivity contribution in [1.29, 1.82) is 0 Å². The summed E-state index contributed by atoms with van der Waals surface area (Å²) >= 11 is 0. The second-order valence-corrected chi connectivity index (χ2v) is 5.71. The first-order valence-electron chi connectivity index (χ1n) is 7.81. The molecule has 0 aromatic carbocycles. The van der Waals surface area contributed by atoms with Crippen LogP contribution in [-0.4, -0.2) is 88.1 Å². The molecule has 0 amide bonds. The maximum atomic E-state index is 11.8. The quantitative estimate of drug-likeness (QED) is 0.423. The Morgan fingerprint density at radius 2 is 2.20 bits per heavy atom. The number of carbonyl (C=O) groups is 1. The van der Waals surface area contributed by atoms with Gasteiger partial charge in [-0.1, -0.05) is 0 Å². The van der Waals surface area contributed by atoms with Gasteiger partial charge in [-0.2, -0.15) is 0 Å². The first-order valence-corrected chi connectivity index (χ1v) is 7.81. The highest BCUT2D eigenvalue weighted by Crippen LogP contribution is 2.42. The molecular formula is C13H19BN4O7. The lowest BCUT2D eigenvalue weighted by Gasteiger charge is -2.28. The zero-order valence-corrected chi connectivity index (χ0v) is 13.5. The van der Waals surface area contributed by atoms with Crippen molar-refractivity contribution < 1.29 is 34.7 Å². The smallest absolute Gasteiger partial charge is 0.372 e. The maximum absolute atomic E-state index is 11.8. The lowest BCUT2D eigenvalue weighted by molar-refractivity contribution is -0.0221. The van der Waals surface area contributed by atoms with Crippen LogP contribution in [0.1, 0.15) is 6.92 Å². The number of hydrogen-bond donors (Lipinski definition) is 4. The van der Waals surface area contributed by atoms with E-state index in [0.717, 1.165) is 6.33 Å². The molecule has 12 heteroatoms. The van der Waals surface area contributed by atoms with E-state index < -0.39 is 37.0 Å². The van der Waals surface area contributed by atoms with E-state index in [1.54, 1.807) is 6.92 Å². The van der Waals surface area contributed by atoms with Crippen LogP contribution in [0.15, 0.2) is 6.33 Å². The largest absolute Gasteiger partial charge is 0.492 e. The molecule has 1 aromatic rings. The van der Waals surface area contributed by atoms with Gasteiger partial charge in [0.25, 0.3) is 5.87 Å². The molecule has 0 radical (unpaired) electrons. The molecule has 0 saturated carbocycles. The molecule has 0 spiro atoms. The van der Waals surface area contributed by atoms with E-state index in [-0.39, 0.29) is 38.1 Å². The number of aromatic hydroxyl groups is 1. The molecule has 136 valence electrons. The Bertz CT molecular complexity index is 651. The summed E-state index contributed by atoms with van der Waals surface area (Å²) in [6, 6.07) is 0. The first-order chi connectivity index (χ1) is 12.0. The summed E-state index contributed by atoms with van der Waals surface area (Å²) in [5.41, 5.74) is 0.202. The molecule has 2 aliphatic rings. The van der Waals surface area contributed by atoms with Gasteiger partial charge in [0.05, 0.1) is 19.9 Å². The van der Waals surface area contributed by atoms with Gasteiger partial charge in [0.15, 0.2) is 12.0 Å². The molecule has 4 N–H and O–H groups in total. The van der Waals surface area contributed by atoms with Gasteiger partial charge in [-0.15, -0.1) is 0 Å². The van der Waals surface area contributed by atoms with Crippen molar-refractivity contribution in [2.45, 2.75) is 31.5 Å². The molecular weight excluding hydrogens is 335 g/mol. The van der Waals surface area contributed by atoms with Gasteiger partial charge in [0, 0.05) is 0 Å². The van der Waals surface area contributed by atoms with E-state index in [1.165, 1.54) is 9.71 Å². The molecule has 3 rings (SSSR count). The van der Waals surface area contributed by atoms with Gasteiger partial charge in [0.2, 0.25) is 5.88 Å². The minimum Gasteiger partial charge on any atom is -0.492 e. The van der Waals surface area contributed by atoms with Gasteiger partial charge in [0.1, 0.15) is 30.3 Å². The molecule has 0 aliphatic carbocycles. The zero-order chi connectivity index (χ0) is 18.1. The number of aromatic nitrogens is 2. The second-order valence-electron chi connectivity index (χ2n) is 5.71. The van der Waals surface area contributed by atoms with Crippen LogP contribution >= 0.6 is 0 Å². The minimum atomic E-state index is -1.30. The SMILES string of the molecule is CCOC(=O)BN1CN([C@@H]2O[C@H](CO)[C@@H](O)[C@H]2O)c2ncnc(O)c21. The molecule has 0 bridgehead atoms.